The Morgan fingerprint density at radius 2 is 2.31 bits per heavy atom. The Labute approximate surface area is 83.5 Å². The van der Waals surface area contributed by atoms with Crippen LogP contribution in [0.2, 0.25) is 5.15 Å². The fourth-order valence-electron chi connectivity index (χ4n) is 0.853. The van der Waals surface area contributed by atoms with Gasteiger partial charge in [-0.25, -0.2) is 9.97 Å². The summed E-state index contributed by atoms with van der Waals surface area (Å²) in [5.41, 5.74) is 0. The van der Waals surface area contributed by atoms with Crippen molar-refractivity contribution in [3.8, 4) is 0 Å². The first kappa shape index (κ1) is 10.3. The van der Waals surface area contributed by atoms with E-state index in [1.54, 1.807) is 6.07 Å². The molecule has 0 saturated heterocycles. The van der Waals surface area contributed by atoms with E-state index in [4.69, 9.17) is 11.6 Å². The van der Waals surface area contributed by atoms with Crippen molar-refractivity contribution in [1.82, 2.24) is 9.97 Å². The third kappa shape index (κ3) is 3.59. The highest BCUT2D eigenvalue weighted by Crippen LogP contribution is 2.09. The second-order valence-electron chi connectivity index (χ2n) is 3.12. The maximum Gasteiger partial charge on any atom is 0.134 e. The monoisotopic (exact) mass is 199 g/mol. The molecule has 1 aromatic rings. The smallest absolute Gasteiger partial charge is 0.134 e. The number of hydrogen-bond donors (Lipinski definition) is 1. The highest BCUT2D eigenvalue weighted by atomic mass is 35.5. The fourth-order valence-corrected chi connectivity index (χ4v) is 1.00. The van der Waals surface area contributed by atoms with Crippen LogP contribution >= 0.6 is 11.6 Å². The van der Waals surface area contributed by atoms with E-state index in [2.05, 4.69) is 29.1 Å². The van der Waals surface area contributed by atoms with Crippen molar-refractivity contribution >= 4 is 17.4 Å². The Morgan fingerprint density at radius 3 is 2.92 bits per heavy atom. The van der Waals surface area contributed by atoms with Crippen LogP contribution in [0.1, 0.15) is 20.3 Å². The molecule has 0 amide bonds. The van der Waals surface area contributed by atoms with E-state index in [0.29, 0.717) is 11.1 Å². The molecule has 3 nitrogen and oxygen atoms in total. The number of anilines is 1. The van der Waals surface area contributed by atoms with E-state index in [1.165, 1.54) is 6.33 Å². The molecule has 1 aromatic heterocycles. The molecule has 72 valence electrons. The first-order valence-corrected chi connectivity index (χ1v) is 4.81. The van der Waals surface area contributed by atoms with Crippen LogP contribution in [-0.4, -0.2) is 16.5 Å². The molecule has 1 N–H and O–H groups in total. The van der Waals surface area contributed by atoms with Gasteiger partial charge in [0.05, 0.1) is 0 Å². The van der Waals surface area contributed by atoms with E-state index in [1.807, 2.05) is 0 Å². The lowest BCUT2D eigenvalue weighted by Crippen LogP contribution is -2.11. The Morgan fingerprint density at radius 1 is 1.54 bits per heavy atom. The zero-order valence-corrected chi connectivity index (χ0v) is 8.67. The summed E-state index contributed by atoms with van der Waals surface area (Å²) in [5.74, 6) is 1.44. The van der Waals surface area contributed by atoms with E-state index >= 15 is 0 Å². The summed E-state index contributed by atoms with van der Waals surface area (Å²) in [6, 6.07) is 1.73. The summed E-state index contributed by atoms with van der Waals surface area (Å²) in [4.78, 5) is 7.84. The number of halogens is 1. The van der Waals surface area contributed by atoms with Gasteiger partial charge in [0.15, 0.2) is 0 Å². The van der Waals surface area contributed by atoms with E-state index in [-0.39, 0.29) is 0 Å². The first-order chi connectivity index (χ1) is 6.22. The summed E-state index contributed by atoms with van der Waals surface area (Å²) in [5, 5.41) is 3.67. The van der Waals surface area contributed by atoms with Crippen LogP contribution in [0.3, 0.4) is 0 Å². The molecule has 0 saturated carbocycles. The van der Waals surface area contributed by atoms with Crippen molar-refractivity contribution in [2.75, 3.05) is 11.9 Å². The second kappa shape index (κ2) is 5.02. The minimum absolute atomic E-state index is 0.474. The van der Waals surface area contributed by atoms with Gasteiger partial charge in [-0.05, 0) is 5.92 Å². The third-order valence-corrected chi connectivity index (χ3v) is 2.17. The molecule has 0 aliphatic carbocycles. The van der Waals surface area contributed by atoms with Crippen molar-refractivity contribution in [2.45, 2.75) is 20.3 Å². The van der Waals surface area contributed by atoms with Gasteiger partial charge in [0.25, 0.3) is 0 Å². The largest absolute Gasteiger partial charge is 0.370 e. The minimum atomic E-state index is 0.474. The molecule has 0 aliphatic rings. The van der Waals surface area contributed by atoms with Gasteiger partial charge in [0.1, 0.15) is 17.3 Å². The maximum absolute atomic E-state index is 5.70. The molecule has 0 radical (unpaired) electrons. The van der Waals surface area contributed by atoms with Gasteiger partial charge in [-0.1, -0.05) is 31.9 Å². The quantitative estimate of drug-likeness (QED) is 0.758. The third-order valence-electron chi connectivity index (χ3n) is 1.96. The highest BCUT2D eigenvalue weighted by molar-refractivity contribution is 6.29. The lowest BCUT2D eigenvalue weighted by Gasteiger charge is -2.09. The van der Waals surface area contributed by atoms with Crippen molar-refractivity contribution in [3.05, 3.63) is 17.5 Å². The number of hydrogen-bond acceptors (Lipinski definition) is 3. The van der Waals surface area contributed by atoms with Gasteiger partial charge >= 0.3 is 0 Å². The minimum Gasteiger partial charge on any atom is -0.370 e. The number of nitrogens with one attached hydrogen (secondary N) is 1. The average Bonchev–Trinajstić information content (AvgIpc) is 2.14. The Hall–Kier alpha value is -0.830. The van der Waals surface area contributed by atoms with Crippen LogP contribution in [0, 0.1) is 5.92 Å². The van der Waals surface area contributed by atoms with Crippen LogP contribution in [-0.2, 0) is 0 Å². The van der Waals surface area contributed by atoms with Crippen molar-refractivity contribution in [2.24, 2.45) is 5.92 Å². The lowest BCUT2D eigenvalue weighted by atomic mass is 10.1. The van der Waals surface area contributed by atoms with Gasteiger partial charge in [0, 0.05) is 12.6 Å². The first-order valence-electron chi connectivity index (χ1n) is 4.43. The SMILES string of the molecule is CCC(C)CNc1cc(Cl)ncn1. The zero-order chi connectivity index (χ0) is 9.68. The summed E-state index contributed by atoms with van der Waals surface area (Å²) in [6.45, 7) is 5.28. The molecule has 0 bridgehead atoms. The van der Waals surface area contributed by atoms with Crippen LogP contribution in [0.4, 0.5) is 5.82 Å². The molecule has 13 heavy (non-hydrogen) atoms. The predicted molar refractivity (Wildman–Crippen MR) is 55.0 cm³/mol. The van der Waals surface area contributed by atoms with Gasteiger partial charge in [-0.15, -0.1) is 0 Å². The summed E-state index contributed by atoms with van der Waals surface area (Å²) >= 11 is 5.70. The molecule has 4 heteroatoms. The average molecular weight is 200 g/mol. The van der Waals surface area contributed by atoms with Crippen molar-refractivity contribution < 1.29 is 0 Å². The summed E-state index contributed by atoms with van der Waals surface area (Å²) < 4.78 is 0. The topological polar surface area (TPSA) is 37.8 Å². The summed E-state index contributed by atoms with van der Waals surface area (Å²) in [7, 11) is 0. The predicted octanol–water partition coefficient (Wildman–Crippen LogP) is 2.59. The van der Waals surface area contributed by atoms with Crippen LogP contribution in [0.15, 0.2) is 12.4 Å². The van der Waals surface area contributed by atoms with Crippen LogP contribution in [0.5, 0.6) is 0 Å². The molecular weight excluding hydrogens is 186 g/mol. The molecule has 1 rings (SSSR count). The van der Waals surface area contributed by atoms with E-state index in [9.17, 15) is 0 Å². The second-order valence-corrected chi connectivity index (χ2v) is 3.51. The van der Waals surface area contributed by atoms with Crippen LogP contribution < -0.4 is 5.32 Å². The Bertz CT molecular complexity index is 265. The zero-order valence-electron chi connectivity index (χ0n) is 7.92. The van der Waals surface area contributed by atoms with Gasteiger partial charge < -0.3 is 5.32 Å². The Balaban J connectivity index is 2.45. The number of nitrogens with zero attached hydrogens (tertiary/aromatic N) is 2. The standard InChI is InChI=1S/C9H14ClN3/c1-3-7(2)5-11-9-4-8(10)12-6-13-9/h4,6-7H,3,5H2,1-2H3,(H,11,12,13). The Kier molecular flexibility index (Phi) is 3.96. The molecule has 0 fully saturated rings. The van der Waals surface area contributed by atoms with Gasteiger partial charge in [-0.3, -0.25) is 0 Å². The summed E-state index contributed by atoms with van der Waals surface area (Å²) in [6.07, 6.45) is 2.62. The molecule has 1 unspecified atom stereocenters. The van der Waals surface area contributed by atoms with E-state index < -0.39 is 0 Å². The van der Waals surface area contributed by atoms with Gasteiger partial charge in [-0.2, -0.15) is 0 Å². The molecule has 1 atom stereocenters. The number of aromatic nitrogens is 2. The highest BCUT2D eigenvalue weighted by Gasteiger charge is 1.99. The normalized spacial score (nSPS) is 12.5. The van der Waals surface area contributed by atoms with Crippen LogP contribution in [0.25, 0.3) is 0 Å². The molecular formula is C9H14ClN3. The van der Waals surface area contributed by atoms with Gasteiger partial charge in [0.2, 0.25) is 0 Å². The van der Waals surface area contributed by atoms with Crippen molar-refractivity contribution in [3.63, 3.8) is 0 Å². The lowest BCUT2D eigenvalue weighted by molar-refractivity contribution is 0.592. The molecule has 1 heterocycles. The maximum atomic E-state index is 5.70. The fraction of sp³-hybridized carbons (Fsp3) is 0.556. The molecule has 0 aliphatic heterocycles. The van der Waals surface area contributed by atoms with E-state index in [0.717, 1.165) is 18.8 Å². The molecule has 0 spiro atoms. The number of rotatable bonds is 4. The van der Waals surface area contributed by atoms with Crippen molar-refractivity contribution in [1.29, 1.82) is 0 Å². The molecule has 0 aromatic carbocycles.